The largest absolute Gasteiger partial charge is 0.445 e. The monoisotopic (exact) mass is 311 g/mol. The maximum atomic E-state index is 12.6. The molecule has 3 aliphatic rings. The highest BCUT2D eigenvalue weighted by molar-refractivity contribution is 5.69. The van der Waals surface area contributed by atoms with Crippen molar-refractivity contribution in [3.8, 4) is 0 Å². The van der Waals surface area contributed by atoms with Crippen LogP contribution in [0.15, 0.2) is 42.0 Å². The van der Waals surface area contributed by atoms with Crippen LogP contribution < -0.4 is 0 Å². The molecule has 2 fully saturated rings. The fourth-order valence-corrected chi connectivity index (χ4v) is 4.04. The third-order valence-electron chi connectivity index (χ3n) is 5.38. The summed E-state index contributed by atoms with van der Waals surface area (Å²) in [6.45, 7) is 0.369. The van der Waals surface area contributed by atoms with Gasteiger partial charge in [0.25, 0.3) is 0 Å². The second-order valence-corrected chi connectivity index (χ2v) is 7.28. The summed E-state index contributed by atoms with van der Waals surface area (Å²) in [5.74, 6) is 0.929. The number of carbonyl (C=O) groups is 1. The molecule has 1 aliphatic carbocycles. The van der Waals surface area contributed by atoms with Gasteiger partial charge in [-0.3, -0.25) is 4.90 Å². The Balaban J connectivity index is 1.41. The molecule has 2 atom stereocenters. The molecule has 2 aliphatic heterocycles. The van der Waals surface area contributed by atoms with Crippen molar-refractivity contribution in [1.82, 2.24) is 4.90 Å². The predicted molar refractivity (Wildman–Crippen MR) is 89.9 cm³/mol. The fraction of sp³-hybridized carbons (Fsp3) is 0.550. The zero-order valence-corrected chi connectivity index (χ0v) is 13.6. The van der Waals surface area contributed by atoms with E-state index in [1.54, 1.807) is 5.57 Å². The lowest BCUT2D eigenvalue weighted by Crippen LogP contribution is -2.51. The lowest BCUT2D eigenvalue weighted by molar-refractivity contribution is 0.0478. The standard InChI is InChI=1S/C20H25NO2/c22-20(23-14-16-5-2-1-3-6-16)21-18-7-4-8-19(21)13-17(12-18)11-15-9-10-15/h1-3,5-6,12,15,18-19H,4,7-11,13-14H2. The number of fused-ring (bicyclic) bond motifs is 2. The van der Waals surface area contributed by atoms with Gasteiger partial charge in [0.1, 0.15) is 6.61 Å². The third-order valence-corrected chi connectivity index (χ3v) is 5.38. The van der Waals surface area contributed by atoms with Gasteiger partial charge in [0, 0.05) is 6.04 Å². The third kappa shape index (κ3) is 3.44. The molecule has 4 rings (SSSR count). The van der Waals surface area contributed by atoms with Crippen LogP contribution in [0.4, 0.5) is 4.79 Å². The summed E-state index contributed by atoms with van der Waals surface area (Å²) in [7, 11) is 0. The maximum Gasteiger partial charge on any atom is 0.410 e. The lowest BCUT2D eigenvalue weighted by atomic mass is 9.84. The summed E-state index contributed by atoms with van der Waals surface area (Å²) in [4.78, 5) is 14.6. The molecule has 0 radical (unpaired) electrons. The first-order valence-corrected chi connectivity index (χ1v) is 8.98. The van der Waals surface area contributed by atoms with E-state index in [0.717, 1.165) is 30.7 Å². The highest BCUT2D eigenvalue weighted by atomic mass is 16.6. The van der Waals surface area contributed by atoms with Crippen LogP contribution in [0.5, 0.6) is 0 Å². The molecular formula is C20H25NO2. The number of hydrogen-bond donors (Lipinski definition) is 0. The molecule has 3 nitrogen and oxygen atoms in total. The molecule has 1 saturated carbocycles. The molecule has 2 unspecified atom stereocenters. The zero-order valence-electron chi connectivity index (χ0n) is 13.6. The zero-order chi connectivity index (χ0) is 15.6. The van der Waals surface area contributed by atoms with Crippen LogP contribution in [-0.2, 0) is 11.3 Å². The Bertz CT molecular complexity index is 591. The number of rotatable bonds is 4. The molecule has 1 aromatic carbocycles. The van der Waals surface area contributed by atoms with Crippen LogP contribution in [0.2, 0.25) is 0 Å². The van der Waals surface area contributed by atoms with E-state index in [1.807, 2.05) is 35.2 Å². The van der Waals surface area contributed by atoms with Gasteiger partial charge in [-0.25, -0.2) is 4.79 Å². The molecule has 2 bridgehead atoms. The van der Waals surface area contributed by atoms with Gasteiger partial charge in [0.05, 0.1) is 6.04 Å². The second kappa shape index (κ2) is 6.38. The first-order chi connectivity index (χ1) is 11.3. The average molecular weight is 311 g/mol. The van der Waals surface area contributed by atoms with Gasteiger partial charge in [-0.15, -0.1) is 0 Å². The predicted octanol–water partition coefficient (Wildman–Crippen LogP) is 4.68. The minimum atomic E-state index is -0.134. The van der Waals surface area contributed by atoms with Gasteiger partial charge in [-0.1, -0.05) is 42.0 Å². The summed E-state index contributed by atoms with van der Waals surface area (Å²) >= 11 is 0. The van der Waals surface area contributed by atoms with E-state index in [-0.39, 0.29) is 12.1 Å². The van der Waals surface area contributed by atoms with Crippen LogP contribution in [-0.4, -0.2) is 23.1 Å². The van der Waals surface area contributed by atoms with E-state index >= 15 is 0 Å². The molecule has 0 N–H and O–H groups in total. The van der Waals surface area contributed by atoms with Crippen LogP contribution in [0, 0.1) is 5.92 Å². The molecule has 3 heteroatoms. The van der Waals surface area contributed by atoms with E-state index in [2.05, 4.69) is 6.08 Å². The van der Waals surface area contributed by atoms with Crippen molar-refractivity contribution >= 4 is 6.09 Å². The molecule has 1 saturated heterocycles. The van der Waals surface area contributed by atoms with E-state index in [9.17, 15) is 4.79 Å². The molecular weight excluding hydrogens is 286 g/mol. The first-order valence-electron chi connectivity index (χ1n) is 8.98. The SMILES string of the molecule is O=C(OCc1ccccc1)N1C2C=C(CC3CC3)CC1CCC2. The molecule has 0 aromatic heterocycles. The fourth-order valence-electron chi connectivity index (χ4n) is 4.04. The van der Waals surface area contributed by atoms with Crippen molar-refractivity contribution in [2.45, 2.75) is 63.6 Å². The van der Waals surface area contributed by atoms with E-state index in [4.69, 9.17) is 4.74 Å². The Labute approximate surface area is 138 Å². The minimum Gasteiger partial charge on any atom is -0.445 e. The van der Waals surface area contributed by atoms with E-state index < -0.39 is 0 Å². The molecule has 0 spiro atoms. The Hall–Kier alpha value is -1.77. The van der Waals surface area contributed by atoms with Crippen LogP contribution >= 0.6 is 0 Å². The van der Waals surface area contributed by atoms with Crippen molar-refractivity contribution < 1.29 is 9.53 Å². The van der Waals surface area contributed by atoms with Crippen molar-refractivity contribution in [1.29, 1.82) is 0 Å². The highest BCUT2D eigenvalue weighted by Gasteiger charge is 2.38. The van der Waals surface area contributed by atoms with Gasteiger partial charge in [0.2, 0.25) is 0 Å². The van der Waals surface area contributed by atoms with Crippen molar-refractivity contribution in [2.24, 2.45) is 5.92 Å². The van der Waals surface area contributed by atoms with Gasteiger partial charge < -0.3 is 4.74 Å². The molecule has 23 heavy (non-hydrogen) atoms. The van der Waals surface area contributed by atoms with Gasteiger partial charge in [-0.2, -0.15) is 0 Å². The van der Waals surface area contributed by atoms with Crippen LogP contribution in [0.3, 0.4) is 0 Å². The lowest BCUT2D eigenvalue weighted by Gasteiger charge is -2.44. The molecule has 2 heterocycles. The number of carbonyl (C=O) groups excluding carboxylic acids is 1. The van der Waals surface area contributed by atoms with Crippen LogP contribution in [0.25, 0.3) is 0 Å². The number of nitrogens with zero attached hydrogens (tertiary/aromatic N) is 1. The summed E-state index contributed by atoms with van der Waals surface area (Å²) in [6.07, 6.45) is 10.8. The summed E-state index contributed by atoms with van der Waals surface area (Å²) in [6, 6.07) is 10.6. The number of amides is 1. The second-order valence-electron chi connectivity index (χ2n) is 7.28. The summed E-state index contributed by atoms with van der Waals surface area (Å²) < 4.78 is 5.59. The highest BCUT2D eigenvalue weighted by Crippen LogP contribution is 2.41. The van der Waals surface area contributed by atoms with Gasteiger partial charge >= 0.3 is 6.09 Å². The molecule has 1 aromatic rings. The quantitative estimate of drug-likeness (QED) is 0.756. The maximum absolute atomic E-state index is 12.6. The molecule has 122 valence electrons. The van der Waals surface area contributed by atoms with Gasteiger partial charge in [0.15, 0.2) is 0 Å². The smallest absolute Gasteiger partial charge is 0.410 e. The number of benzene rings is 1. The Morgan fingerprint density at radius 3 is 2.70 bits per heavy atom. The number of piperidine rings is 1. The van der Waals surface area contributed by atoms with Crippen LogP contribution in [0.1, 0.15) is 50.5 Å². The minimum absolute atomic E-state index is 0.134. The van der Waals surface area contributed by atoms with Gasteiger partial charge in [-0.05, 0) is 56.4 Å². The van der Waals surface area contributed by atoms with Crippen molar-refractivity contribution in [3.05, 3.63) is 47.5 Å². The van der Waals surface area contributed by atoms with E-state index in [0.29, 0.717) is 12.6 Å². The normalized spacial score (nSPS) is 26.6. The summed E-state index contributed by atoms with van der Waals surface area (Å²) in [5, 5.41) is 0. The van der Waals surface area contributed by atoms with Crippen molar-refractivity contribution in [2.75, 3.05) is 0 Å². The Morgan fingerprint density at radius 2 is 1.96 bits per heavy atom. The summed E-state index contributed by atoms with van der Waals surface area (Å²) in [5.41, 5.74) is 2.64. The number of ether oxygens (including phenoxy) is 1. The topological polar surface area (TPSA) is 29.5 Å². The van der Waals surface area contributed by atoms with E-state index in [1.165, 1.54) is 25.7 Å². The number of hydrogen-bond acceptors (Lipinski definition) is 2. The van der Waals surface area contributed by atoms with Crippen molar-refractivity contribution in [3.63, 3.8) is 0 Å². The molecule has 1 amide bonds. The average Bonchev–Trinajstić information content (AvgIpc) is 3.37. The first kappa shape index (κ1) is 14.8. The Kier molecular flexibility index (Phi) is 4.11. The Morgan fingerprint density at radius 1 is 1.13 bits per heavy atom.